The number of carbonyl (C=O) groups is 2. The van der Waals surface area contributed by atoms with Crippen molar-refractivity contribution in [3.63, 3.8) is 0 Å². The SMILES string of the molecule is CCCCC(NC(=O)COC(C)C)C(=O)O. The Morgan fingerprint density at radius 1 is 1.38 bits per heavy atom. The summed E-state index contributed by atoms with van der Waals surface area (Å²) in [7, 11) is 0. The minimum Gasteiger partial charge on any atom is -0.480 e. The lowest BCUT2D eigenvalue weighted by molar-refractivity contribution is -0.143. The van der Waals surface area contributed by atoms with Crippen molar-refractivity contribution in [2.24, 2.45) is 0 Å². The quantitative estimate of drug-likeness (QED) is 0.657. The minimum atomic E-state index is -0.994. The van der Waals surface area contributed by atoms with Crippen molar-refractivity contribution in [1.82, 2.24) is 5.32 Å². The Bertz CT molecular complexity index is 228. The van der Waals surface area contributed by atoms with E-state index in [2.05, 4.69) is 5.32 Å². The normalized spacial score (nSPS) is 12.5. The molecule has 0 aliphatic rings. The van der Waals surface area contributed by atoms with Crippen molar-refractivity contribution in [2.75, 3.05) is 6.61 Å². The Hall–Kier alpha value is -1.10. The van der Waals surface area contributed by atoms with Gasteiger partial charge in [0.1, 0.15) is 12.6 Å². The van der Waals surface area contributed by atoms with E-state index in [1.165, 1.54) is 0 Å². The number of amides is 1. The second-order valence-corrected chi connectivity index (χ2v) is 3.96. The zero-order valence-corrected chi connectivity index (χ0v) is 10.2. The minimum absolute atomic E-state index is 0.0373. The number of aliphatic carboxylic acids is 1. The van der Waals surface area contributed by atoms with Crippen molar-refractivity contribution in [1.29, 1.82) is 0 Å². The third-order valence-electron chi connectivity index (χ3n) is 2.03. The van der Waals surface area contributed by atoms with E-state index >= 15 is 0 Å². The fourth-order valence-electron chi connectivity index (χ4n) is 1.14. The van der Waals surface area contributed by atoms with Crippen molar-refractivity contribution in [3.8, 4) is 0 Å². The molecule has 0 aromatic heterocycles. The summed E-state index contributed by atoms with van der Waals surface area (Å²) in [6, 6.07) is -0.803. The molecule has 5 heteroatoms. The molecule has 5 nitrogen and oxygen atoms in total. The van der Waals surface area contributed by atoms with Crippen molar-refractivity contribution in [3.05, 3.63) is 0 Å². The second kappa shape index (κ2) is 8.10. The molecule has 0 aliphatic heterocycles. The van der Waals surface area contributed by atoms with Crippen molar-refractivity contribution < 1.29 is 19.4 Å². The lowest BCUT2D eigenvalue weighted by Gasteiger charge is -2.14. The largest absolute Gasteiger partial charge is 0.480 e. The molecule has 16 heavy (non-hydrogen) atoms. The lowest BCUT2D eigenvalue weighted by atomic mass is 10.1. The van der Waals surface area contributed by atoms with Gasteiger partial charge in [-0.15, -0.1) is 0 Å². The number of hydrogen-bond acceptors (Lipinski definition) is 3. The summed E-state index contributed by atoms with van der Waals surface area (Å²) in [5, 5.41) is 11.3. The van der Waals surface area contributed by atoms with E-state index < -0.39 is 12.0 Å². The Morgan fingerprint density at radius 2 is 2.00 bits per heavy atom. The molecule has 0 rings (SSSR count). The summed E-state index contributed by atoms with van der Waals surface area (Å²) >= 11 is 0. The molecule has 1 unspecified atom stereocenters. The number of nitrogens with one attached hydrogen (secondary N) is 1. The van der Waals surface area contributed by atoms with Crippen LogP contribution in [0.3, 0.4) is 0 Å². The lowest BCUT2D eigenvalue weighted by Crippen LogP contribution is -2.42. The first kappa shape index (κ1) is 14.9. The van der Waals surface area contributed by atoms with Gasteiger partial charge in [-0.1, -0.05) is 19.8 Å². The van der Waals surface area contributed by atoms with Crippen LogP contribution >= 0.6 is 0 Å². The van der Waals surface area contributed by atoms with E-state index in [-0.39, 0.29) is 18.6 Å². The van der Waals surface area contributed by atoms with Crippen LogP contribution in [0.25, 0.3) is 0 Å². The number of carbonyl (C=O) groups excluding carboxylic acids is 1. The fraction of sp³-hybridized carbons (Fsp3) is 0.818. The zero-order chi connectivity index (χ0) is 12.6. The van der Waals surface area contributed by atoms with Gasteiger partial charge in [0.2, 0.25) is 5.91 Å². The number of ether oxygens (including phenoxy) is 1. The molecule has 0 fully saturated rings. The molecule has 1 atom stereocenters. The first-order chi connectivity index (χ1) is 7.47. The molecule has 0 bridgehead atoms. The van der Waals surface area contributed by atoms with Crippen LogP contribution in [0.4, 0.5) is 0 Å². The van der Waals surface area contributed by atoms with Gasteiger partial charge in [0, 0.05) is 0 Å². The van der Waals surface area contributed by atoms with Crippen LogP contribution in [0.15, 0.2) is 0 Å². The molecule has 2 N–H and O–H groups in total. The molecule has 0 radical (unpaired) electrons. The molecule has 94 valence electrons. The number of unbranched alkanes of at least 4 members (excludes halogenated alkanes) is 1. The van der Waals surface area contributed by atoms with E-state index in [4.69, 9.17) is 9.84 Å². The summed E-state index contributed by atoms with van der Waals surface area (Å²) in [6.45, 7) is 5.52. The van der Waals surface area contributed by atoms with Gasteiger partial charge in [-0.3, -0.25) is 4.79 Å². The highest BCUT2D eigenvalue weighted by Crippen LogP contribution is 2.01. The molecule has 0 saturated carbocycles. The number of rotatable bonds is 8. The summed E-state index contributed by atoms with van der Waals surface area (Å²) in [4.78, 5) is 22.1. The standard InChI is InChI=1S/C11H21NO4/c1-4-5-6-9(11(14)15)12-10(13)7-16-8(2)3/h8-9H,4-7H2,1-3H3,(H,12,13)(H,14,15). The average Bonchev–Trinajstić information content (AvgIpc) is 2.20. The zero-order valence-electron chi connectivity index (χ0n) is 10.2. The van der Waals surface area contributed by atoms with Gasteiger partial charge in [-0.05, 0) is 20.3 Å². The van der Waals surface area contributed by atoms with Crippen LogP contribution in [-0.4, -0.2) is 35.7 Å². The van der Waals surface area contributed by atoms with E-state index in [1.54, 1.807) is 0 Å². The van der Waals surface area contributed by atoms with Crippen LogP contribution in [-0.2, 0) is 14.3 Å². The smallest absolute Gasteiger partial charge is 0.326 e. The van der Waals surface area contributed by atoms with E-state index in [9.17, 15) is 9.59 Å². The Kier molecular flexibility index (Phi) is 7.54. The maximum Gasteiger partial charge on any atom is 0.326 e. The number of carboxylic acid groups (broad SMARTS) is 1. The maximum atomic E-state index is 11.3. The highest BCUT2D eigenvalue weighted by atomic mass is 16.5. The predicted molar refractivity (Wildman–Crippen MR) is 60.2 cm³/mol. The molecule has 0 heterocycles. The molecule has 0 aliphatic carbocycles. The van der Waals surface area contributed by atoms with Gasteiger partial charge in [-0.2, -0.15) is 0 Å². The third-order valence-corrected chi connectivity index (χ3v) is 2.03. The maximum absolute atomic E-state index is 11.3. The van der Waals surface area contributed by atoms with Gasteiger partial charge in [-0.25, -0.2) is 4.79 Å². The van der Waals surface area contributed by atoms with Gasteiger partial charge in [0.25, 0.3) is 0 Å². The van der Waals surface area contributed by atoms with Gasteiger partial charge in [0.05, 0.1) is 6.10 Å². The molecule has 0 aromatic rings. The van der Waals surface area contributed by atoms with E-state index in [0.29, 0.717) is 6.42 Å². The molecule has 0 spiro atoms. The summed E-state index contributed by atoms with van der Waals surface area (Å²) in [5.74, 6) is -1.37. The first-order valence-electron chi connectivity index (χ1n) is 5.61. The van der Waals surface area contributed by atoms with Crippen LogP contribution in [0.1, 0.15) is 40.0 Å². The summed E-state index contributed by atoms with van der Waals surface area (Å²) in [6.07, 6.45) is 2.11. The topological polar surface area (TPSA) is 75.6 Å². The number of hydrogen-bond donors (Lipinski definition) is 2. The second-order valence-electron chi connectivity index (χ2n) is 3.96. The van der Waals surface area contributed by atoms with Crippen molar-refractivity contribution in [2.45, 2.75) is 52.2 Å². The predicted octanol–water partition coefficient (Wildman–Crippen LogP) is 1.17. The summed E-state index contributed by atoms with van der Waals surface area (Å²) in [5.41, 5.74) is 0. The molecule has 1 amide bonds. The fourth-order valence-corrected chi connectivity index (χ4v) is 1.14. The Labute approximate surface area is 96.2 Å². The molecule has 0 aromatic carbocycles. The Balaban J connectivity index is 3.98. The average molecular weight is 231 g/mol. The number of carboxylic acids is 1. The third kappa shape index (κ3) is 7.23. The highest BCUT2D eigenvalue weighted by Gasteiger charge is 2.19. The van der Waals surface area contributed by atoms with Crippen LogP contribution in [0.5, 0.6) is 0 Å². The van der Waals surface area contributed by atoms with Crippen LogP contribution in [0, 0.1) is 0 Å². The summed E-state index contributed by atoms with van der Waals surface area (Å²) < 4.78 is 5.08. The monoisotopic (exact) mass is 231 g/mol. The van der Waals surface area contributed by atoms with Gasteiger partial charge < -0.3 is 15.2 Å². The molecular formula is C11H21NO4. The van der Waals surface area contributed by atoms with Crippen LogP contribution < -0.4 is 5.32 Å². The van der Waals surface area contributed by atoms with Crippen LogP contribution in [0.2, 0.25) is 0 Å². The molecule has 0 saturated heterocycles. The van der Waals surface area contributed by atoms with Gasteiger partial charge in [0.15, 0.2) is 0 Å². The van der Waals surface area contributed by atoms with Gasteiger partial charge >= 0.3 is 5.97 Å². The van der Waals surface area contributed by atoms with E-state index in [1.807, 2.05) is 20.8 Å². The molecular weight excluding hydrogens is 210 g/mol. The van der Waals surface area contributed by atoms with Crippen molar-refractivity contribution >= 4 is 11.9 Å². The highest BCUT2D eigenvalue weighted by molar-refractivity contribution is 5.84. The first-order valence-corrected chi connectivity index (χ1v) is 5.61. The van der Waals surface area contributed by atoms with E-state index in [0.717, 1.165) is 12.8 Å². The Morgan fingerprint density at radius 3 is 2.44 bits per heavy atom.